The second kappa shape index (κ2) is 7.63. The summed E-state index contributed by atoms with van der Waals surface area (Å²) in [6.07, 6.45) is 2.88. The van der Waals surface area contributed by atoms with Gasteiger partial charge in [-0.25, -0.2) is 9.67 Å². The summed E-state index contributed by atoms with van der Waals surface area (Å²) in [6.45, 7) is 3.88. The summed E-state index contributed by atoms with van der Waals surface area (Å²) in [7, 11) is 0. The van der Waals surface area contributed by atoms with Crippen LogP contribution in [0.5, 0.6) is 0 Å². The van der Waals surface area contributed by atoms with Gasteiger partial charge in [0.1, 0.15) is 18.3 Å². The molecule has 4 rings (SSSR count). The summed E-state index contributed by atoms with van der Waals surface area (Å²) in [5, 5.41) is 7.48. The van der Waals surface area contributed by atoms with Gasteiger partial charge in [0.2, 0.25) is 5.91 Å². The molecule has 0 aliphatic carbocycles. The molecule has 0 unspecified atom stereocenters. The average molecular weight is 452 g/mol. The fraction of sp³-hybridized carbons (Fsp3) is 0.143. The van der Waals surface area contributed by atoms with Crippen molar-refractivity contribution in [3.05, 3.63) is 80.9 Å². The fourth-order valence-corrected chi connectivity index (χ4v) is 3.43. The minimum Gasteiger partial charge on any atom is -0.325 e. The Hall–Kier alpha value is -3.26. The second-order valence-corrected chi connectivity index (χ2v) is 7.73. The van der Waals surface area contributed by atoms with Gasteiger partial charge in [-0.3, -0.25) is 14.2 Å². The standard InChI is InChI=1S/C21H18BrN5O2/c1-13-3-8-18(14(2)9-13)27-20-17(10-24-27)21(29)26(12-23-20)11-19(28)25-16-6-4-15(22)5-7-16/h3-10,12H,11H2,1-2H3,(H,25,28). The van der Waals surface area contributed by atoms with Gasteiger partial charge in [0.15, 0.2) is 5.65 Å². The van der Waals surface area contributed by atoms with Crippen molar-refractivity contribution >= 4 is 38.6 Å². The maximum Gasteiger partial charge on any atom is 0.264 e. The van der Waals surface area contributed by atoms with Gasteiger partial charge in [0.05, 0.1) is 11.9 Å². The Bertz CT molecular complexity index is 1270. The third-order valence-corrected chi connectivity index (χ3v) is 5.11. The summed E-state index contributed by atoms with van der Waals surface area (Å²) in [4.78, 5) is 29.5. The van der Waals surface area contributed by atoms with E-state index in [9.17, 15) is 9.59 Å². The van der Waals surface area contributed by atoms with Gasteiger partial charge in [0.25, 0.3) is 5.56 Å². The van der Waals surface area contributed by atoms with E-state index in [-0.39, 0.29) is 18.0 Å². The van der Waals surface area contributed by atoms with Crippen LogP contribution in [-0.4, -0.2) is 25.2 Å². The number of carbonyl (C=O) groups excluding carboxylic acids is 1. The highest BCUT2D eigenvalue weighted by molar-refractivity contribution is 9.10. The number of fused-ring (bicyclic) bond motifs is 1. The van der Waals surface area contributed by atoms with E-state index < -0.39 is 0 Å². The van der Waals surface area contributed by atoms with Gasteiger partial charge in [0, 0.05) is 10.2 Å². The Morgan fingerprint density at radius 2 is 1.90 bits per heavy atom. The molecule has 146 valence electrons. The molecule has 2 aromatic carbocycles. The maximum atomic E-state index is 12.8. The van der Waals surface area contributed by atoms with Gasteiger partial charge in [-0.15, -0.1) is 0 Å². The summed E-state index contributed by atoms with van der Waals surface area (Å²) in [5.41, 5.74) is 3.86. The van der Waals surface area contributed by atoms with Crippen LogP contribution < -0.4 is 10.9 Å². The van der Waals surface area contributed by atoms with Gasteiger partial charge >= 0.3 is 0 Å². The van der Waals surface area contributed by atoms with E-state index in [0.29, 0.717) is 16.7 Å². The quantitative estimate of drug-likeness (QED) is 0.513. The van der Waals surface area contributed by atoms with E-state index in [4.69, 9.17) is 0 Å². The number of hydrogen-bond acceptors (Lipinski definition) is 4. The first-order valence-corrected chi connectivity index (χ1v) is 9.78. The van der Waals surface area contributed by atoms with Crippen LogP contribution >= 0.6 is 15.9 Å². The molecule has 2 heterocycles. The predicted molar refractivity (Wildman–Crippen MR) is 115 cm³/mol. The topological polar surface area (TPSA) is 81.8 Å². The van der Waals surface area contributed by atoms with Crippen molar-refractivity contribution in [1.29, 1.82) is 0 Å². The Labute approximate surface area is 175 Å². The zero-order valence-electron chi connectivity index (χ0n) is 15.9. The number of halogens is 1. The van der Waals surface area contributed by atoms with Crippen LogP contribution in [-0.2, 0) is 11.3 Å². The van der Waals surface area contributed by atoms with Gasteiger partial charge in [-0.2, -0.15) is 5.10 Å². The number of amides is 1. The number of hydrogen-bond donors (Lipinski definition) is 1. The molecular formula is C21H18BrN5O2. The molecular weight excluding hydrogens is 434 g/mol. The summed E-state index contributed by atoms with van der Waals surface area (Å²) in [6, 6.07) is 13.2. The van der Waals surface area contributed by atoms with Crippen molar-refractivity contribution in [2.24, 2.45) is 0 Å². The number of aryl methyl sites for hydroxylation is 2. The fourth-order valence-electron chi connectivity index (χ4n) is 3.17. The number of benzene rings is 2. The van der Waals surface area contributed by atoms with E-state index in [2.05, 4.69) is 37.4 Å². The Morgan fingerprint density at radius 3 is 2.62 bits per heavy atom. The monoisotopic (exact) mass is 451 g/mol. The number of carbonyl (C=O) groups is 1. The van der Waals surface area contributed by atoms with Gasteiger partial charge in [-0.05, 0) is 49.7 Å². The number of anilines is 1. The molecule has 0 aliphatic rings. The van der Waals surface area contributed by atoms with E-state index >= 15 is 0 Å². The molecule has 0 saturated heterocycles. The smallest absolute Gasteiger partial charge is 0.264 e. The third kappa shape index (κ3) is 3.84. The average Bonchev–Trinajstić information content (AvgIpc) is 3.10. The Balaban J connectivity index is 1.62. The van der Waals surface area contributed by atoms with Crippen molar-refractivity contribution in [3.63, 3.8) is 0 Å². The molecule has 7 nitrogen and oxygen atoms in total. The van der Waals surface area contributed by atoms with Crippen LogP contribution in [0.15, 0.2) is 64.3 Å². The van der Waals surface area contributed by atoms with E-state index in [0.717, 1.165) is 21.3 Å². The molecule has 0 spiro atoms. The minimum atomic E-state index is -0.308. The van der Waals surface area contributed by atoms with Crippen LogP contribution in [0.4, 0.5) is 5.69 Å². The highest BCUT2D eigenvalue weighted by Crippen LogP contribution is 2.19. The molecule has 29 heavy (non-hydrogen) atoms. The van der Waals surface area contributed by atoms with Gasteiger partial charge < -0.3 is 5.32 Å². The SMILES string of the molecule is Cc1ccc(-n2ncc3c(=O)n(CC(=O)Nc4ccc(Br)cc4)cnc32)c(C)c1. The minimum absolute atomic E-state index is 0.132. The van der Waals surface area contributed by atoms with Crippen LogP contribution in [0.1, 0.15) is 11.1 Å². The van der Waals surface area contributed by atoms with Crippen molar-refractivity contribution in [2.45, 2.75) is 20.4 Å². The molecule has 8 heteroatoms. The van der Waals surface area contributed by atoms with Crippen LogP contribution in [0.25, 0.3) is 16.7 Å². The van der Waals surface area contributed by atoms with Crippen molar-refractivity contribution < 1.29 is 4.79 Å². The lowest BCUT2D eigenvalue weighted by Gasteiger charge is -2.09. The first-order chi connectivity index (χ1) is 13.9. The molecule has 0 atom stereocenters. The third-order valence-electron chi connectivity index (χ3n) is 4.58. The maximum absolute atomic E-state index is 12.8. The normalized spacial score (nSPS) is 11.0. The van der Waals surface area contributed by atoms with Crippen molar-refractivity contribution in [1.82, 2.24) is 19.3 Å². The van der Waals surface area contributed by atoms with E-state index in [1.54, 1.807) is 16.8 Å². The summed E-state index contributed by atoms with van der Waals surface area (Å²) < 4.78 is 3.85. The molecule has 0 radical (unpaired) electrons. The van der Waals surface area contributed by atoms with Crippen molar-refractivity contribution in [3.8, 4) is 5.69 Å². The molecule has 0 fully saturated rings. The molecule has 2 aromatic heterocycles. The van der Waals surface area contributed by atoms with Gasteiger partial charge in [-0.1, -0.05) is 33.6 Å². The number of nitrogens with one attached hydrogen (secondary N) is 1. The molecule has 4 aromatic rings. The molecule has 0 aliphatic heterocycles. The lowest BCUT2D eigenvalue weighted by atomic mass is 10.1. The van der Waals surface area contributed by atoms with Crippen molar-refractivity contribution in [2.75, 3.05) is 5.32 Å². The Morgan fingerprint density at radius 1 is 1.14 bits per heavy atom. The molecule has 0 bridgehead atoms. The number of nitrogens with zero attached hydrogens (tertiary/aromatic N) is 4. The van der Waals surface area contributed by atoms with E-state index in [1.165, 1.54) is 17.1 Å². The van der Waals surface area contributed by atoms with Crippen LogP contribution in [0, 0.1) is 13.8 Å². The first kappa shape index (κ1) is 19.1. The molecule has 0 saturated carbocycles. The Kier molecular flexibility index (Phi) is 5.02. The first-order valence-electron chi connectivity index (χ1n) is 8.98. The predicted octanol–water partition coefficient (Wildman–Crippen LogP) is 3.60. The highest BCUT2D eigenvalue weighted by Gasteiger charge is 2.14. The van der Waals surface area contributed by atoms with Crippen LogP contribution in [0.2, 0.25) is 0 Å². The summed E-state index contributed by atoms with van der Waals surface area (Å²) >= 11 is 3.35. The zero-order chi connectivity index (χ0) is 20.5. The molecule has 1 N–H and O–H groups in total. The second-order valence-electron chi connectivity index (χ2n) is 6.82. The highest BCUT2D eigenvalue weighted by atomic mass is 79.9. The lowest BCUT2D eigenvalue weighted by Crippen LogP contribution is -2.27. The number of rotatable bonds is 4. The van der Waals surface area contributed by atoms with E-state index in [1.807, 2.05) is 38.1 Å². The largest absolute Gasteiger partial charge is 0.325 e. The molecule has 1 amide bonds. The lowest BCUT2D eigenvalue weighted by molar-refractivity contribution is -0.116. The number of aromatic nitrogens is 4. The van der Waals surface area contributed by atoms with Crippen LogP contribution in [0.3, 0.4) is 0 Å². The zero-order valence-corrected chi connectivity index (χ0v) is 17.5. The summed E-state index contributed by atoms with van der Waals surface area (Å²) in [5.74, 6) is -0.308.